The van der Waals surface area contributed by atoms with Gasteiger partial charge in [-0.2, -0.15) is 0 Å². The molecule has 1 aromatic rings. The highest BCUT2D eigenvalue weighted by molar-refractivity contribution is 5.87. The van der Waals surface area contributed by atoms with E-state index in [9.17, 15) is 9.90 Å². The lowest BCUT2D eigenvalue weighted by molar-refractivity contribution is 0.0144. The van der Waals surface area contributed by atoms with E-state index in [0.717, 1.165) is 31.2 Å². The Morgan fingerprint density at radius 2 is 2.21 bits per heavy atom. The summed E-state index contributed by atoms with van der Waals surface area (Å²) in [6, 6.07) is 1.77. The molecule has 0 spiro atoms. The molecule has 0 amide bonds. The summed E-state index contributed by atoms with van der Waals surface area (Å²) >= 11 is 0. The van der Waals surface area contributed by atoms with Crippen molar-refractivity contribution in [1.29, 1.82) is 0 Å². The second kappa shape index (κ2) is 5.75. The largest absolute Gasteiger partial charge is 0.463 e. The molecule has 1 N–H and O–H groups in total. The molecule has 0 atom stereocenters. The molecule has 5 nitrogen and oxygen atoms in total. The number of aliphatic hydroxyl groups is 1. The highest BCUT2D eigenvalue weighted by Crippen LogP contribution is 2.30. The Kier molecular flexibility index (Phi) is 4.27. The van der Waals surface area contributed by atoms with Crippen molar-refractivity contribution in [2.45, 2.75) is 37.8 Å². The standard InChI is InChI=1S/C14H21NO4/c1-15(10-14(17)6-3-4-7-14)9-11-5-8-19-12(11)13(16)18-2/h5,8,17H,3-4,6-7,9-10H2,1-2H3. The molecule has 1 heterocycles. The molecule has 0 radical (unpaired) electrons. The number of hydrogen-bond acceptors (Lipinski definition) is 5. The fourth-order valence-corrected chi connectivity index (χ4v) is 2.77. The lowest BCUT2D eigenvalue weighted by Gasteiger charge is -2.28. The van der Waals surface area contributed by atoms with E-state index in [4.69, 9.17) is 4.42 Å². The van der Waals surface area contributed by atoms with Crippen molar-refractivity contribution < 1.29 is 19.1 Å². The van der Waals surface area contributed by atoms with Gasteiger partial charge in [-0.3, -0.25) is 4.90 Å². The van der Waals surface area contributed by atoms with Gasteiger partial charge in [-0.1, -0.05) is 12.8 Å². The van der Waals surface area contributed by atoms with Gasteiger partial charge < -0.3 is 14.3 Å². The van der Waals surface area contributed by atoms with Gasteiger partial charge in [-0.15, -0.1) is 0 Å². The van der Waals surface area contributed by atoms with Crippen LogP contribution in [0.5, 0.6) is 0 Å². The van der Waals surface area contributed by atoms with Crippen LogP contribution in [0.4, 0.5) is 0 Å². The van der Waals surface area contributed by atoms with Gasteiger partial charge in [0.05, 0.1) is 19.0 Å². The molecule has 1 aliphatic carbocycles. The van der Waals surface area contributed by atoms with Gasteiger partial charge in [-0.25, -0.2) is 4.79 Å². The van der Waals surface area contributed by atoms with Gasteiger partial charge >= 0.3 is 5.97 Å². The van der Waals surface area contributed by atoms with Crippen molar-refractivity contribution in [2.75, 3.05) is 20.7 Å². The van der Waals surface area contributed by atoms with E-state index in [1.807, 2.05) is 11.9 Å². The van der Waals surface area contributed by atoms with Crippen LogP contribution in [-0.2, 0) is 11.3 Å². The van der Waals surface area contributed by atoms with Gasteiger partial charge in [0.25, 0.3) is 0 Å². The number of ether oxygens (including phenoxy) is 1. The lowest BCUT2D eigenvalue weighted by atomic mass is 10.0. The molecule has 0 saturated heterocycles. The smallest absolute Gasteiger partial charge is 0.374 e. The zero-order valence-electron chi connectivity index (χ0n) is 11.5. The van der Waals surface area contributed by atoms with Crippen LogP contribution in [0, 0.1) is 0 Å². The van der Waals surface area contributed by atoms with E-state index < -0.39 is 11.6 Å². The van der Waals surface area contributed by atoms with Gasteiger partial charge in [0.1, 0.15) is 0 Å². The Morgan fingerprint density at radius 1 is 1.53 bits per heavy atom. The van der Waals surface area contributed by atoms with Gasteiger partial charge in [-0.05, 0) is 26.0 Å². The summed E-state index contributed by atoms with van der Waals surface area (Å²) in [6.45, 7) is 1.17. The van der Waals surface area contributed by atoms with Crippen LogP contribution in [0.1, 0.15) is 41.8 Å². The first-order valence-corrected chi connectivity index (χ1v) is 6.60. The highest BCUT2D eigenvalue weighted by atomic mass is 16.5. The fraction of sp³-hybridized carbons (Fsp3) is 0.643. The van der Waals surface area contributed by atoms with Crippen molar-refractivity contribution >= 4 is 5.97 Å². The molecule has 106 valence electrons. The van der Waals surface area contributed by atoms with Crippen LogP contribution in [0.15, 0.2) is 16.7 Å². The maximum Gasteiger partial charge on any atom is 0.374 e. The Labute approximate surface area is 113 Å². The summed E-state index contributed by atoms with van der Waals surface area (Å²) in [5.74, 6) is -0.222. The molecule has 1 aliphatic rings. The number of esters is 1. The van der Waals surface area contributed by atoms with E-state index >= 15 is 0 Å². The van der Waals surface area contributed by atoms with Crippen LogP contribution in [0.3, 0.4) is 0 Å². The van der Waals surface area contributed by atoms with Crippen LogP contribution >= 0.6 is 0 Å². The van der Waals surface area contributed by atoms with Gasteiger partial charge in [0.2, 0.25) is 5.76 Å². The van der Waals surface area contributed by atoms with E-state index in [-0.39, 0.29) is 5.76 Å². The first kappa shape index (κ1) is 14.1. The van der Waals surface area contributed by atoms with Crippen molar-refractivity contribution in [3.8, 4) is 0 Å². The SMILES string of the molecule is COC(=O)c1occc1CN(C)CC1(O)CCCC1. The maximum atomic E-state index is 11.5. The molecule has 0 bridgehead atoms. The molecule has 5 heteroatoms. The van der Waals surface area contributed by atoms with E-state index in [1.165, 1.54) is 13.4 Å². The lowest BCUT2D eigenvalue weighted by Crippen LogP contribution is -2.38. The third-order valence-corrected chi connectivity index (χ3v) is 3.66. The molecule has 2 rings (SSSR count). The summed E-state index contributed by atoms with van der Waals surface area (Å²) in [5.41, 5.74) is 0.208. The Morgan fingerprint density at radius 3 is 2.84 bits per heavy atom. The predicted octanol–water partition coefficient (Wildman–Crippen LogP) is 1.80. The van der Waals surface area contributed by atoms with Gasteiger partial charge in [0.15, 0.2) is 0 Å². The summed E-state index contributed by atoms with van der Waals surface area (Å²) in [7, 11) is 3.27. The summed E-state index contributed by atoms with van der Waals surface area (Å²) < 4.78 is 9.82. The third kappa shape index (κ3) is 3.36. The summed E-state index contributed by atoms with van der Waals surface area (Å²) in [4.78, 5) is 13.5. The number of carbonyl (C=O) groups is 1. The van der Waals surface area contributed by atoms with Crippen molar-refractivity contribution in [3.05, 3.63) is 23.7 Å². The summed E-state index contributed by atoms with van der Waals surface area (Å²) in [5, 5.41) is 10.4. The first-order chi connectivity index (χ1) is 9.04. The molecule has 1 saturated carbocycles. The van der Waals surface area contributed by atoms with Gasteiger partial charge in [0, 0.05) is 18.7 Å². The normalized spacial score (nSPS) is 17.9. The number of nitrogens with zero attached hydrogens (tertiary/aromatic N) is 1. The second-order valence-corrected chi connectivity index (χ2v) is 5.37. The average Bonchev–Trinajstić information content (AvgIpc) is 2.97. The first-order valence-electron chi connectivity index (χ1n) is 6.60. The predicted molar refractivity (Wildman–Crippen MR) is 69.8 cm³/mol. The minimum Gasteiger partial charge on any atom is -0.463 e. The van der Waals surface area contributed by atoms with Crippen molar-refractivity contribution in [2.24, 2.45) is 0 Å². The number of methoxy groups -OCH3 is 1. The molecule has 19 heavy (non-hydrogen) atoms. The number of furan rings is 1. The Bertz CT molecular complexity index is 434. The Hall–Kier alpha value is -1.33. The zero-order chi connectivity index (χ0) is 13.9. The molecule has 0 aliphatic heterocycles. The van der Waals surface area contributed by atoms with Crippen LogP contribution in [0.25, 0.3) is 0 Å². The molecule has 0 aromatic carbocycles. The van der Waals surface area contributed by atoms with E-state index in [1.54, 1.807) is 6.07 Å². The minimum atomic E-state index is -0.579. The third-order valence-electron chi connectivity index (χ3n) is 3.66. The number of likely N-dealkylation sites (N-methyl/N-ethyl adjacent to an activating group) is 1. The molecular formula is C14H21NO4. The Balaban J connectivity index is 1.97. The number of hydrogen-bond donors (Lipinski definition) is 1. The minimum absolute atomic E-state index is 0.243. The number of carbonyl (C=O) groups excluding carboxylic acids is 1. The molecular weight excluding hydrogens is 246 g/mol. The van der Waals surface area contributed by atoms with E-state index in [0.29, 0.717) is 13.1 Å². The quantitative estimate of drug-likeness (QED) is 0.824. The van der Waals surface area contributed by atoms with E-state index in [2.05, 4.69) is 4.74 Å². The average molecular weight is 267 g/mol. The highest BCUT2D eigenvalue weighted by Gasteiger charge is 2.32. The molecule has 1 aromatic heterocycles. The van der Waals surface area contributed by atoms with Crippen LogP contribution in [0.2, 0.25) is 0 Å². The molecule has 1 fully saturated rings. The van der Waals surface area contributed by atoms with Crippen molar-refractivity contribution in [1.82, 2.24) is 4.90 Å². The zero-order valence-corrected chi connectivity index (χ0v) is 11.5. The van der Waals surface area contributed by atoms with Crippen LogP contribution < -0.4 is 0 Å². The second-order valence-electron chi connectivity index (χ2n) is 5.37. The van der Waals surface area contributed by atoms with Crippen LogP contribution in [-0.4, -0.2) is 42.3 Å². The van der Waals surface area contributed by atoms with Crippen molar-refractivity contribution in [3.63, 3.8) is 0 Å². The molecule has 0 unspecified atom stereocenters. The monoisotopic (exact) mass is 267 g/mol. The summed E-state index contributed by atoms with van der Waals surface area (Å²) in [6.07, 6.45) is 5.37. The number of rotatable bonds is 5. The maximum absolute atomic E-state index is 11.5. The fourth-order valence-electron chi connectivity index (χ4n) is 2.77. The topological polar surface area (TPSA) is 62.9 Å².